The smallest absolute Gasteiger partial charge is 0.220 e. The van der Waals surface area contributed by atoms with Gasteiger partial charge in [0, 0.05) is 45.8 Å². The van der Waals surface area contributed by atoms with Crippen LogP contribution in [0.25, 0.3) is 0 Å². The predicted molar refractivity (Wildman–Crippen MR) is 120 cm³/mol. The van der Waals surface area contributed by atoms with E-state index in [1.54, 1.807) is 13.1 Å². The molecule has 0 atom stereocenters. The number of piperazine rings is 1. The van der Waals surface area contributed by atoms with Gasteiger partial charge in [0.1, 0.15) is 12.0 Å². The van der Waals surface area contributed by atoms with Gasteiger partial charge in [-0.1, -0.05) is 16.8 Å². The summed E-state index contributed by atoms with van der Waals surface area (Å²) in [6.45, 7) is 3.02. The van der Waals surface area contributed by atoms with Crippen LogP contribution in [0.1, 0.15) is 37.8 Å². The van der Waals surface area contributed by atoms with Crippen LogP contribution in [0.2, 0.25) is 0 Å². The van der Waals surface area contributed by atoms with Gasteiger partial charge in [0.25, 0.3) is 0 Å². The van der Waals surface area contributed by atoms with Gasteiger partial charge in [-0.15, -0.1) is 24.0 Å². The average molecular weight is 523 g/mol. The summed E-state index contributed by atoms with van der Waals surface area (Å²) in [6, 6.07) is 1.58. The van der Waals surface area contributed by atoms with Gasteiger partial charge in [-0.25, -0.2) is 8.42 Å². The number of sulfonamides is 1. The Morgan fingerprint density at radius 1 is 1.29 bits per heavy atom. The molecule has 1 aliphatic carbocycles. The standard InChI is InChI=1S/C18H29N5O3S.HI/c1-19-18(20-9-7-16-5-3-2-4-6-16)22-10-12-23(13-11-22)27(24,25)15-17-8-14-26-21-17;/h5,8,14H,2-4,6-7,9-13,15H2,1H3,(H,19,20);1H. The van der Waals surface area contributed by atoms with Gasteiger partial charge in [0.05, 0.1) is 5.69 Å². The van der Waals surface area contributed by atoms with Crippen LogP contribution in [0.3, 0.4) is 0 Å². The summed E-state index contributed by atoms with van der Waals surface area (Å²) in [6.07, 6.45) is 9.82. The largest absolute Gasteiger partial charge is 0.364 e. The number of rotatable bonds is 6. The van der Waals surface area contributed by atoms with E-state index in [9.17, 15) is 8.42 Å². The topological polar surface area (TPSA) is 91.0 Å². The molecule has 0 spiro atoms. The molecule has 0 amide bonds. The van der Waals surface area contributed by atoms with Crippen LogP contribution in [0.4, 0.5) is 0 Å². The SMILES string of the molecule is CN=C(NCCC1=CCCCC1)N1CCN(S(=O)(=O)Cc2ccon2)CC1.I. The summed E-state index contributed by atoms with van der Waals surface area (Å²) < 4.78 is 31.3. The first-order chi connectivity index (χ1) is 13.1. The van der Waals surface area contributed by atoms with E-state index in [1.807, 2.05) is 0 Å². The van der Waals surface area contributed by atoms with Gasteiger partial charge in [-0.2, -0.15) is 4.31 Å². The second-order valence-electron chi connectivity index (χ2n) is 6.97. The van der Waals surface area contributed by atoms with Crippen molar-refractivity contribution < 1.29 is 12.9 Å². The monoisotopic (exact) mass is 523 g/mol. The van der Waals surface area contributed by atoms with E-state index in [2.05, 4.69) is 26.4 Å². The molecular weight excluding hydrogens is 493 g/mol. The van der Waals surface area contributed by atoms with Crippen molar-refractivity contribution in [3.8, 4) is 0 Å². The Bertz CT molecular complexity index is 756. The first kappa shape index (κ1) is 23.1. The lowest BCUT2D eigenvalue weighted by molar-refractivity contribution is 0.260. The van der Waals surface area contributed by atoms with Gasteiger partial charge < -0.3 is 14.7 Å². The summed E-state index contributed by atoms with van der Waals surface area (Å²) in [4.78, 5) is 6.49. The third kappa shape index (κ3) is 6.45. The molecular formula is C18H30IN5O3S. The number of nitrogens with zero attached hydrogens (tertiary/aromatic N) is 4. The molecule has 158 valence electrons. The lowest BCUT2D eigenvalue weighted by Crippen LogP contribution is -2.54. The number of allylic oxidation sites excluding steroid dienone is 1. The van der Waals surface area contributed by atoms with Crippen molar-refractivity contribution in [3.05, 3.63) is 29.7 Å². The number of aromatic nitrogens is 1. The van der Waals surface area contributed by atoms with Crippen molar-refractivity contribution in [1.82, 2.24) is 19.7 Å². The minimum Gasteiger partial charge on any atom is -0.364 e. The highest BCUT2D eigenvalue weighted by molar-refractivity contribution is 14.0. The van der Waals surface area contributed by atoms with Crippen LogP contribution in [-0.2, 0) is 15.8 Å². The zero-order valence-electron chi connectivity index (χ0n) is 16.3. The average Bonchev–Trinajstić information content (AvgIpc) is 3.18. The molecule has 3 rings (SSSR count). The summed E-state index contributed by atoms with van der Waals surface area (Å²) >= 11 is 0. The summed E-state index contributed by atoms with van der Waals surface area (Å²) in [5, 5.41) is 7.12. The van der Waals surface area contributed by atoms with Gasteiger partial charge in [0.15, 0.2) is 5.96 Å². The Balaban J connectivity index is 0.00000280. The zero-order valence-corrected chi connectivity index (χ0v) is 19.5. The molecule has 1 aromatic heterocycles. The third-order valence-electron chi connectivity index (χ3n) is 5.08. The molecule has 8 nitrogen and oxygen atoms in total. The quantitative estimate of drug-likeness (QED) is 0.266. The Kier molecular flexibility index (Phi) is 9.22. The zero-order chi connectivity index (χ0) is 19.1. The maximum absolute atomic E-state index is 12.5. The van der Waals surface area contributed by atoms with Crippen molar-refractivity contribution in [1.29, 1.82) is 0 Å². The molecule has 1 N–H and O–H groups in total. The number of aliphatic imine (C=N–C) groups is 1. The summed E-state index contributed by atoms with van der Waals surface area (Å²) in [5.74, 6) is 0.728. The second kappa shape index (κ2) is 11.1. The highest BCUT2D eigenvalue weighted by Crippen LogP contribution is 2.19. The molecule has 0 saturated carbocycles. The molecule has 1 saturated heterocycles. The maximum atomic E-state index is 12.5. The molecule has 10 heteroatoms. The minimum absolute atomic E-state index is 0. The number of halogens is 1. The van der Waals surface area contributed by atoms with Crippen molar-refractivity contribution in [2.45, 2.75) is 37.9 Å². The Labute approximate surface area is 184 Å². The van der Waals surface area contributed by atoms with Gasteiger partial charge in [-0.05, 0) is 32.1 Å². The molecule has 0 bridgehead atoms. The van der Waals surface area contributed by atoms with Crippen LogP contribution < -0.4 is 5.32 Å². The minimum atomic E-state index is -3.38. The van der Waals surface area contributed by atoms with E-state index >= 15 is 0 Å². The molecule has 1 fully saturated rings. The molecule has 0 unspecified atom stereocenters. The van der Waals surface area contributed by atoms with Crippen LogP contribution >= 0.6 is 24.0 Å². The van der Waals surface area contributed by atoms with Crippen LogP contribution in [0.5, 0.6) is 0 Å². The first-order valence-electron chi connectivity index (χ1n) is 9.59. The van der Waals surface area contributed by atoms with Crippen LogP contribution in [-0.4, -0.2) is 68.5 Å². The predicted octanol–water partition coefficient (Wildman–Crippen LogP) is 2.21. The van der Waals surface area contributed by atoms with E-state index in [1.165, 1.54) is 41.8 Å². The van der Waals surface area contributed by atoms with E-state index in [0.29, 0.717) is 31.9 Å². The van der Waals surface area contributed by atoms with Crippen molar-refractivity contribution in [3.63, 3.8) is 0 Å². The molecule has 2 heterocycles. The maximum Gasteiger partial charge on any atom is 0.220 e. The number of guanidine groups is 1. The molecule has 2 aliphatic rings. The van der Waals surface area contributed by atoms with Crippen LogP contribution in [0, 0.1) is 0 Å². The van der Waals surface area contributed by atoms with E-state index in [4.69, 9.17) is 4.52 Å². The fourth-order valence-electron chi connectivity index (χ4n) is 3.57. The fourth-order valence-corrected chi connectivity index (χ4v) is 4.99. The Morgan fingerprint density at radius 2 is 2.07 bits per heavy atom. The van der Waals surface area contributed by atoms with E-state index in [-0.39, 0.29) is 29.7 Å². The van der Waals surface area contributed by atoms with Crippen molar-refractivity contribution in [2.24, 2.45) is 4.99 Å². The van der Waals surface area contributed by atoms with E-state index in [0.717, 1.165) is 18.9 Å². The van der Waals surface area contributed by atoms with Gasteiger partial charge >= 0.3 is 0 Å². The third-order valence-corrected chi connectivity index (χ3v) is 6.89. The number of hydrogen-bond donors (Lipinski definition) is 1. The summed E-state index contributed by atoms with van der Waals surface area (Å²) in [5.41, 5.74) is 1.97. The van der Waals surface area contributed by atoms with E-state index < -0.39 is 10.0 Å². The molecule has 0 aromatic carbocycles. The highest BCUT2D eigenvalue weighted by Gasteiger charge is 2.28. The lowest BCUT2D eigenvalue weighted by Gasteiger charge is -2.35. The molecule has 1 aliphatic heterocycles. The second-order valence-corrected chi connectivity index (χ2v) is 8.93. The normalized spacial score (nSPS) is 19.1. The number of hydrogen-bond acceptors (Lipinski definition) is 5. The van der Waals surface area contributed by atoms with Crippen molar-refractivity contribution in [2.75, 3.05) is 39.8 Å². The van der Waals surface area contributed by atoms with Crippen LogP contribution in [0.15, 0.2) is 33.5 Å². The molecule has 0 radical (unpaired) electrons. The number of nitrogens with one attached hydrogen (secondary N) is 1. The molecule has 1 aromatic rings. The fraction of sp³-hybridized carbons (Fsp3) is 0.667. The first-order valence-corrected chi connectivity index (χ1v) is 11.2. The summed E-state index contributed by atoms with van der Waals surface area (Å²) in [7, 11) is -1.60. The lowest BCUT2D eigenvalue weighted by atomic mass is 9.97. The van der Waals surface area contributed by atoms with Gasteiger partial charge in [0.2, 0.25) is 10.0 Å². The Hall–Kier alpha value is -1.14. The molecule has 28 heavy (non-hydrogen) atoms. The highest BCUT2D eigenvalue weighted by atomic mass is 127. The van der Waals surface area contributed by atoms with Crippen molar-refractivity contribution >= 4 is 40.0 Å². The van der Waals surface area contributed by atoms with Gasteiger partial charge in [-0.3, -0.25) is 4.99 Å². The Morgan fingerprint density at radius 3 is 2.68 bits per heavy atom.